The molecule has 0 bridgehead atoms. The number of methoxy groups -OCH3 is 2. The van der Waals surface area contributed by atoms with Crippen molar-refractivity contribution in [2.45, 2.75) is 6.54 Å². The van der Waals surface area contributed by atoms with Crippen LogP contribution in [-0.4, -0.2) is 24.2 Å². The molecule has 0 aliphatic rings. The Morgan fingerprint density at radius 2 is 1.73 bits per heavy atom. The highest BCUT2D eigenvalue weighted by atomic mass is 32.1. The zero-order valence-electron chi connectivity index (χ0n) is 18.0. The van der Waals surface area contributed by atoms with Crippen LogP contribution in [0, 0.1) is 5.82 Å². The van der Waals surface area contributed by atoms with E-state index in [-0.39, 0.29) is 5.82 Å². The van der Waals surface area contributed by atoms with Gasteiger partial charge in [-0.3, -0.25) is 4.98 Å². The average Bonchev–Trinajstić information content (AvgIpc) is 3.25. The number of hydrogen-bond donors (Lipinski definition) is 1. The molecule has 2 aromatic heterocycles. The first-order chi connectivity index (χ1) is 16.1. The Hall–Kier alpha value is -3.91. The fraction of sp³-hybridized carbons (Fsp3) is 0.120. The number of thiazole rings is 1. The van der Waals surface area contributed by atoms with Gasteiger partial charge in [-0.15, -0.1) is 0 Å². The molecule has 0 saturated carbocycles. The maximum atomic E-state index is 13.9. The van der Waals surface area contributed by atoms with E-state index in [0.717, 1.165) is 26.3 Å². The second-order valence-electron chi connectivity index (χ2n) is 7.23. The van der Waals surface area contributed by atoms with Crippen molar-refractivity contribution < 1.29 is 18.6 Å². The summed E-state index contributed by atoms with van der Waals surface area (Å²) in [5, 5.41) is 4.73. The molecular weight excluding hydrogens is 441 g/mol. The number of hydrogen-bond acceptors (Lipinski definition) is 7. The summed E-state index contributed by atoms with van der Waals surface area (Å²) in [6.07, 6.45) is 1.69. The highest BCUT2D eigenvalue weighted by Gasteiger charge is 2.12. The highest BCUT2D eigenvalue weighted by molar-refractivity contribution is 7.22. The molecule has 5 aromatic rings. The van der Waals surface area contributed by atoms with Crippen molar-refractivity contribution in [3.8, 4) is 23.0 Å². The summed E-state index contributed by atoms with van der Waals surface area (Å²) in [4.78, 5) is 9.00. The van der Waals surface area contributed by atoms with Gasteiger partial charge in [-0.25, -0.2) is 9.37 Å². The van der Waals surface area contributed by atoms with Crippen LogP contribution in [0.2, 0.25) is 0 Å². The Bertz CT molecular complexity index is 1450. The number of halogens is 1. The predicted molar refractivity (Wildman–Crippen MR) is 128 cm³/mol. The van der Waals surface area contributed by atoms with Crippen molar-refractivity contribution in [1.82, 2.24) is 9.97 Å². The van der Waals surface area contributed by atoms with Crippen molar-refractivity contribution in [3.63, 3.8) is 0 Å². The van der Waals surface area contributed by atoms with Gasteiger partial charge in [0.05, 0.1) is 30.0 Å². The van der Waals surface area contributed by atoms with Gasteiger partial charge in [0, 0.05) is 35.8 Å². The van der Waals surface area contributed by atoms with E-state index in [1.54, 1.807) is 32.5 Å². The summed E-state index contributed by atoms with van der Waals surface area (Å²) < 4.78 is 31.8. The minimum Gasteiger partial charge on any atom is -0.493 e. The third kappa shape index (κ3) is 4.25. The number of anilines is 1. The van der Waals surface area contributed by atoms with Gasteiger partial charge in [-0.2, -0.15) is 0 Å². The summed E-state index contributed by atoms with van der Waals surface area (Å²) in [5.41, 5.74) is 2.18. The van der Waals surface area contributed by atoms with Gasteiger partial charge in [0.15, 0.2) is 16.6 Å². The number of aromatic nitrogens is 2. The normalized spacial score (nSPS) is 11.0. The van der Waals surface area contributed by atoms with E-state index in [1.165, 1.54) is 17.4 Å². The molecule has 3 aromatic carbocycles. The van der Waals surface area contributed by atoms with Gasteiger partial charge in [0.25, 0.3) is 0 Å². The number of fused-ring (bicyclic) bond motifs is 2. The Balaban J connectivity index is 1.40. The first-order valence-corrected chi connectivity index (χ1v) is 11.0. The summed E-state index contributed by atoms with van der Waals surface area (Å²) in [6, 6.07) is 17.9. The van der Waals surface area contributed by atoms with Crippen LogP contribution in [-0.2, 0) is 6.54 Å². The minimum atomic E-state index is -0.236. The zero-order chi connectivity index (χ0) is 22.8. The van der Waals surface area contributed by atoms with E-state index in [9.17, 15) is 4.39 Å². The fourth-order valence-corrected chi connectivity index (χ4v) is 4.41. The quantitative estimate of drug-likeness (QED) is 0.302. The average molecular weight is 462 g/mol. The molecule has 6 nitrogen and oxygen atoms in total. The second-order valence-corrected chi connectivity index (χ2v) is 8.26. The molecule has 0 radical (unpaired) electrons. The molecule has 2 heterocycles. The first-order valence-electron chi connectivity index (χ1n) is 10.2. The monoisotopic (exact) mass is 461 g/mol. The molecule has 33 heavy (non-hydrogen) atoms. The Morgan fingerprint density at radius 1 is 0.909 bits per heavy atom. The number of nitrogens with one attached hydrogen (secondary N) is 1. The summed E-state index contributed by atoms with van der Waals surface area (Å²) in [5.74, 6) is 2.31. The molecule has 1 N–H and O–H groups in total. The number of pyridine rings is 1. The lowest BCUT2D eigenvalue weighted by atomic mass is 10.2. The van der Waals surface area contributed by atoms with Crippen LogP contribution in [0.1, 0.15) is 5.56 Å². The number of ether oxygens (including phenoxy) is 3. The van der Waals surface area contributed by atoms with Crippen molar-refractivity contribution in [3.05, 3.63) is 78.2 Å². The molecule has 0 aliphatic heterocycles. The molecule has 0 saturated heterocycles. The van der Waals surface area contributed by atoms with Crippen LogP contribution in [0.15, 0.2) is 66.9 Å². The third-order valence-electron chi connectivity index (χ3n) is 5.18. The lowest BCUT2D eigenvalue weighted by molar-refractivity contribution is 0.355. The van der Waals surface area contributed by atoms with Gasteiger partial charge >= 0.3 is 0 Å². The smallest absolute Gasteiger partial charge is 0.184 e. The molecule has 166 valence electrons. The largest absolute Gasteiger partial charge is 0.493 e. The van der Waals surface area contributed by atoms with E-state index >= 15 is 0 Å². The maximum absolute atomic E-state index is 13.9. The van der Waals surface area contributed by atoms with Crippen LogP contribution in [0.5, 0.6) is 23.0 Å². The Morgan fingerprint density at radius 3 is 2.55 bits per heavy atom. The standard InChI is InChI=1S/C25H20FN3O3S/c1-30-22-12-17-20(13-23(22)31-2)27-10-9-21(17)32-16-7-8-19-24(11-16)33-25(29-19)28-14-15-5-3-4-6-18(15)26/h3-13H,14H2,1-2H3,(H,28,29). The van der Waals surface area contributed by atoms with E-state index in [1.807, 2.05) is 42.5 Å². The lowest BCUT2D eigenvalue weighted by Gasteiger charge is -2.12. The topological polar surface area (TPSA) is 65.5 Å². The van der Waals surface area contributed by atoms with E-state index in [2.05, 4.69) is 15.3 Å². The number of nitrogens with zero attached hydrogens (tertiary/aromatic N) is 2. The van der Waals surface area contributed by atoms with Crippen molar-refractivity contribution in [2.75, 3.05) is 19.5 Å². The number of benzene rings is 3. The SMILES string of the molecule is COc1cc2nccc(Oc3ccc4nc(NCc5ccccc5F)sc4c3)c2cc1OC. The van der Waals surface area contributed by atoms with Crippen LogP contribution < -0.4 is 19.5 Å². The van der Waals surface area contributed by atoms with Crippen LogP contribution in [0.25, 0.3) is 21.1 Å². The predicted octanol–water partition coefficient (Wildman–Crippen LogP) is 6.41. The first kappa shape index (κ1) is 21.0. The van der Waals surface area contributed by atoms with Gasteiger partial charge in [0.1, 0.15) is 17.3 Å². The van der Waals surface area contributed by atoms with E-state index in [4.69, 9.17) is 14.2 Å². The molecule has 0 unspecified atom stereocenters. The van der Waals surface area contributed by atoms with Crippen molar-refractivity contribution in [2.24, 2.45) is 0 Å². The van der Waals surface area contributed by atoms with Gasteiger partial charge in [0.2, 0.25) is 0 Å². The molecule has 0 fully saturated rings. The van der Waals surface area contributed by atoms with Gasteiger partial charge in [-0.1, -0.05) is 29.5 Å². The molecule has 8 heteroatoms. The molecular formula is C25H20FN3O3S. The molecule has 0 amide bonds. The second kappa shape index (κ2) is 8.91. The van der Waals surface area contributed by atoms with E-state index < -0.39 is 0 Å². The van der Waals surface area contributed by atoms with Crippen LogP contribution >= 0.6 is 11.3 Å². The highest BCUT2D eigenvalue weighted by Crippen LogP contribution is 2.38. The van der Waals surface area contributed by atoms with E-state index in [0.29, 0.717) is 35.1 Å². The van der Waals surface area contributed by atoms with Crippen molar-refractivity contribution >= 4 is 37.6 Å². The molecule has 5 rings (SSSR count). The summed E-state index contributed by atoms with van der Waals surface area (Å²) >= 11 is 1.49. The molecule has 0 atom stereocenters. The summed E-state index contributed by atoms with van der Waals surface area (Å²) in [6.45, 7) is 0.365. The Kier molecular flexibility index (Phi) is 5.66. The lowest BCUT2D eigenvalue weighted by Crippen LogP contribution is -2.00. The van der Waals surface area contributed by atoms with Crippen LogP contribution in [0.3, 0.4) is 0 Å². The third-order valence-corrected chi connectivity index (χ3v) is 6.16. The summed E-state index contributed by atoms with van der Waals surface area (Å²) in [7, 11) is 3.18. The molecule has 0 spiro atoms. The van der Waals surface area contributed by atoms with Gasteiger partial charge < -0.3 is 19.5 Å². The zero-order valence-corrected chi connectivity index (χ0v) is 18.8. The molecule has 0 aliphatic carbocycles. The van der Waals surface area contributed by atoms with Crippen LogP contribution in [0.4, 0.5) is 9.52 Å². The Labute approximate surface area is 193 Å². The fourth-order valence-electron chi connectivity index (χ4n) is 3.52. The van der Waals surface area contributed by atoms with Gasteiger partial charge in [-0.05, 0) is 30.3 Å². The minimum absolute atomic E-state index is 0.236. The number of rotatable bonds is 7. The van der Waals surface area contributed by atoms with Crippen molar-refractivity contribution in [1.29, 1.82) is 0 Å². The maximum Gasteiger partial charge on any atom is 0.184 e.